The lowest BCUT2D eigenvalue weighted by Gasteiger charge is -2.27. The highest BCUT2D eigenvalue weighted by Gasteiger charge is 2.25. The molecule has 0 aliphatic carbocycles. The number of aromatic nitrogens is 4. The number of rotatable bonds is 10. The molecule has 2 aromatic carbocycles. The number of benzene rings is 2. The van der Waals surface area contributed by atoms with Crippen molar-refractivity contribution in [3.63, 3.8) is 0 Å². The number of H-pyrrole nitrogens is 2. The predicted octanol–water partition coefficient (Wildman–Crippen LogP) is 4.85. The zero-order chi connectivity index (χ0) is 27.5. The van der Waals surface area contributed by atoms with Gasteiger partial charge < -0.3 is 25.9 Å². The Morgan fingerprint density at radius 1 is 1.03 bits per heavy atom. The molecule has 0 aliphatic rings. The number of hydrogen-bond donors (Lipinski definition) is 4. The number of Topliss-reactive ketones (excluding diaryl/α,β-unsaturated/α-hetero) is 1. The second kappa shape index (κ2) is 11.0. The maximum absolute atomic E-state index is 13.5. The molecule has 0 spiro atoms. The molecule has 39 heavy (non-hydrogen) atoms. The van der Waals surface area contributed by atoms with E-state index in [-0.39, 0.29) is 18.1 Å². The fraction of sp³-hybridized carbons (Fsp3) is 0.267. The highest BCUT2D eigenvalue weighted by molar-refractivity contribution is 6.03. The number of nitrogens with two attached hydrogens (primary N) is 1. The summed E-state index contributed by atoms with van der Waals surface area (Å²) in [6, 6.07) is 19.3. The summed E-state index contributed by atoms with van der Waals surface area (Å²) in [5, 5.41) is 3.80. The van der Waals surface area contributed by atoms with E-state index in [0.29, 0.717) is 30.1 Å². The number of pyridine rings is 1. The van der Waals surface area contributed by atoms with Crippen LogP contribution in [0.15, 0.2) is 60.7 Å². The molecular formula is C30H33N7O2. The molecule has 5 aromatic rings. The van der Waals surface area contributed by atoms with Gasteiger partial charge in [-0.2, -0.15) is 0 Å². The van der Waals surface area contributed by atoms with Crippen LogP contribution >= 0.6 is 0 Å². The molecule has 200 valence electrons. The molecule has 0 aliphatic heterocycles. The molecule has 3 aromatic heterocycles. The maximum Gasteiger partial charge on any atom is 0.225 e. The number of imidazole rings is 1. The monoisotopic (exact) mass is 523 g/mol. The number of anilines is 2. The van der Waals surface area contributed by atoms with Gasteiger partial charge in [-0.05, 0) is 63.2 Å². The Bertz CT molecular complexity index is 1640. The van der Waals surface area contributed by atoms with Crippen LogP contribution in [0.5, 0.6) is 0 Å². The highest BCUT2D eigenvalue weighted by Crippen LogP contribution is 2.31. The Morgan fingerprint density at radius 3 is 2.56 bits per heavy atom. The number of amides is 1. The number of carbonyl (C=O) groups is 2. The van der Waals surface area contributed by atoms with Crippen molar-refractivity contribution in [2.45, 2.75) is 27.2 Å². The molecule has 5 N–H and O–H groups in total. The molecule has 0 bridgehead atoms. The van der Waals surface area contributed by atoms with Crippen LogP contribution in [0.25, 0.3) is 33.3 Å². The maximum atomic E-state index is 13.5. The Hall–Kier alpha value is -4.66. The van der Waals surface area contributed by atoms with Gasteiger partial charge in [0.2, 0.25) is 5.91 Å². The average molecular weight is 524 g/mol. The molecule has 9 nitrogen and oxygen atoms in total. The number of ketones is 1. The third kappa shape index (κ3) is 5.47. The van der Waals surface area contributed by atoms with Gasteiger partial charge in [0.25, 0.3) is 0 Å². The first-order valence-electron chi connectivity index (χ1n) is 13.2. The number of para-hydroxylation sites is 1. The van der Waals surface area contributed by atoms with Gasteiger partial charge in [0, 0.05) is 59.5 Å². The van der Waals surface area contributed by atoms with Gasteiger partial charge in [-0.15, -0.1) is 0 Å². The van der Waals surface area contributed by atoms with Crippen LogP contribution in [0.1, 0.15) is 36.5 Å². The van der Waals surface area contributed by atoms with Crippen LogP contribution in [-0.4, -0.2) is 51.3 Å². The van der Waals surface area contributed by atoms with Gasteiger partial charge in [-0.25, -0.2) is 9.97 Å². The van der Waals surface area contributed by atoms with Gasteiger partial charge >= 0.3 is 0 Å². The Kier molecular flexibility index (Phi) is 7.31. The van der Waals surface area contributed by atoms with E-state index < -0.39 is 5.92 Å². The lowest BCUT2D eigenvalue weighted by atomic mass is 9.95. The molecule has 1 amide bonds. The number of fused-ring (bicyclic) bond motifs is 2. The summed E-state index contributed by atoms with van der Waals surface area (Å²) in [7, 11) is 0. The number of carbonyl (C=O) groups excluding carboxylic acids is 2. The van der Waals surface area contributed by atoms with E-state index in [2.05, 4.69) is 37.1 Å². The summed E-state index contributed by atoms with van der Waals surface area (Å²) in [5.41, 5.74) is 11.6. The van der Waals surface area contributed by atoms with E-state index in [9.17, 15) is 9.59 Å². The number of nitrogens with zero attached hydrogens (tertiary/aromatic N) is 3. The predicted molar refractivity (Wildman–Crippen MR) is 156 cm³/mol. The third-order valence-corrected chi connectivity index (χ3v) is 6.92. The second-order valence-electron chi connectivity index (χ2n) is 9.69. The summed E-state index contributed by atoms with van der Waals surface area (Å²) in [6.07, 6.45) is 0.117. The van der Waals surface area contributed by atoms with Crippen LogP contribution in [0.2, 0.25) is 0 Å². The normalized spacial score (nSPS) is 12.1. The van der Waals surface area contributed by atoms with Crippen LogP contribution < -0.4 is 16.0 Å². The smallest absolute Gasteiger partial charge is 0.225 e. The quantitative estimate of drug-likeness (QED) is 0.194. The summed E-state index contributed by atoms with van der Waals surface area (Å²) < 4.78 is 0. The van der Waals surface area contributed by atoms with E-state index >= 15 is 0 Å². The number of nitrogens with one attached hydrogen (secondary N) is 3. The van der Waals surface area contributed by atoms with Gasteiger partial charge in [0.15, 0.2) is 11.4 Å². The molecule has 5 rings (SSSR count). The SMILES string of the molecule is CCNC(=O)C(CC(=O)c1ccc2[nH]c(-c3cc(N)nc4[nH]c(C)nc34)cc2c1)CN(CC)c1ccccc1. The van der Waals surface area contributed by atoms with Gasteiger partial charge in [0.05, 0.1) is 5.92 Å². The van der Waals surface area contributed by atoms with Crippen molar-refractivity contribution in [1.29, 1.82) is 0 Å². The molecule has 1 unspecified atom stereocenters. The molecule has 0 fully saturated rings. The Balaban J connectivity index is 1.41. The highest BCUT2D eigenvalue weighted by atomic mass is 16.2. The first-order valence-corrected chi connectivity index (χ1v) is 13.2. The summed E-state index contributed by atoms with van der Waals surface area (Å²) >= 11 is 0. The lowest BCUT2D eigenvalue weighted by Crippen LogP contribution is -2.40. The Labute approximate surface area is 226 Å². The average Bonchev–Trinajstić information content (AvgIpc) is 3.53. The molecule has 3 heterocycles. The summed E-state index contributed by atoms with van der Waals surface area (Å²) in [4.78, 5) is 44.0. The van der Waals surface area contributed by atoms with E-state index in [0.717, 1.165) is 45.7 Å². The Morgan fingerprint density at radius 2 is 1.82 bits per heavy atom. The minimum Gasteiger partial charge on any atom is -0.384 e. The second-order valence-corrected chi connectivity index (χ2v) is 9.69. The molecule has 0 saturated heterocycles. The molecule has 1 atom stereocenters. The number of hydrogen-bond acceptors (Lipinski definition) is 6. The van der Waals surface area contributed by atoms with Crippen molar-refractivity contribution in [2.75, 3.05) is 30.3 Å². The minimum atomic E-state index is -0.480. The van der Waals surface area contributed by atoms with E-state index in [4.69, 9.17) is 5.73 Å². The van der Waals surface area contributed by atoms with Crippen LogP contribution in [-0.2, 0) is 4.79 Å². The van der Waals surface area contributed by atoms with Crippen molar-refractivity contribution in [3.05, 3.63) is 72.1 Å². The van der Waals surface area contributed by atoms with Crippen LogP contribution in [0, 0.1) is 12.8 Å². The number of aryl methyl sites for hydroxylation is 1. The van der Waals surface area contributed by atoms with E-state index in [1.807, 2.05) is 68.4 Å². The van der Waals surface area contributed by atoms with Gasteiger partial charge in [0.1, 0.15) is 17.2 Å². The van der Waals surface area contributed by atoms with Gasteiger partial charge in [-0.1, -0.05) is 18.2 Å². The van der Waals surface area contributed by atoms with Gasteiger partial charge in [-0.3, -0.25) is 9.59 Å². The van der Waals surface area contributed by atoms with Crippen molar-refractivity contribution in [2.24, 2.45) is 5.92 Å². The third-order valence-electron chi connectivity index (χ3n) is 6.92. The molecule has 9 heteroatoms. The standard InChI is InChI=1S/C30H33N7O2/c1-4-32-30(39)21(17-37(5-2)22-9-7-6-8-10-22)15-26(38)19-11-12-24-20(13-19)14-25(35-24)23-16-27(31)36-29-28(23)33-18(3)34-29/h6-14,16,21,35H,4-5,15,17H2,1-3H3,(H,32,39)(H3,31,33,34,36). The molecule has 0 saturated carbocycles. The van der Waals surface area contributed by atoms with Crippen molar-refractivity contribution >= 4 is 45.3 Å². The van der Waals surface area contributed by atoms with E-state index in [1.54, 1.807) is 6.07 Å². The van der Waals surface area contributed by atoms with E-state index in [1.165, 1.54) is 0 Å². The first-order chi connectivity index (χ1) is 18.9. The fourth-order valence-electron chi connectivity index (χ4n) is 5.00. The van der Waals surface area contributed by atoms with Crippen molar-refractivity contribution in [1.82, 2.24) is 25.3 Å². The van der Waals surface area contributed by atoms with Crippen molar-refractivity contribution in [3.8, 4) is 11.3 Å². The minimum absolute atomic E-state index is 0.0708. The fourth-order valence-corrected chi connectivity index (χ4v) is 5.00. The molecular weight excluding hydrogens is 490 g/mol. The number of aromatic amines is 2. The van der Waals surface area contributed by atoms with Crippen LogP contribution in [0.3, 0.4) is 0 Å². The number of nitrogen functional groups attached to an aromatic ring is 1. The first kappa shape index (κ1) is 26.0. The summed E-state index contributed by atoms with van der Waals surface area (Å²) in [5.74, 6) is 0.482. The largest absolute Gasteiger partial charge is 0.384 e. The lowest BCUT2D eigenvalue weighted by molar-refractivity contribution is -0.124. The van der Waals surface area contributed by atoms with Crippen molar-refractivity contribution < 1.29 is 9.59 Å². The van der Waals surface area contributed by atoms with Crippen LogP contribution in [0.4, 0.5) is 11.5 Å². The zero-order valence-electron chi connectivity index (χ0n) is 22.4. The molecule has 0 radical (unpaired) electrons. The zero-order valence-corrected chi connectivity index (χ0v) is 22.4. The summed E-state index contributed by atoms with van der Waals surface area (Å²) in [6.45, 7) is 7.51. The topological polar surface area (TPSA) is 133 Å².